The lowest BCUT2D eigenvalue weighted by Crippen LogP contribution is -2.37. The molecule has 2 aromatic rings. The SMILES string of the molecule is Cc1cc(Nc2nc(C)cs2)nc(C2CCN(C3CCOCC3)C2)n1. The average Bonchev–Trinajstić information content (AvgIpc) is 3.24. The van der Waals surface area contributed by atoms with Gasteiger partial charge in [-0.05, 0) is 39.7 Å². The van der Waals surface area contributed by atoms with Crippen molar-refractivity contribution in [2.24, 2.45) is 0 Å². The molecular weight excluding hydrogens is 334 g/mol. The van der Waals surface area contributed by atoms with Gasteiger partial charge in [0.15, 0.2) is 5.13 Å². The lowest BCUT2D eigenvalue weighted by Gasteiger charge is -2.30. The van der Waals surface area contributed by atoms with Gasteiger partial charge in [0, 0.05) is 48.9 Å². The van der Waals surface area contributed by atoms with Gasteiger partial charge in [0.05, 0.1) is 5.69 Å². The van der Waals surface area contributed by atoms with Crippen LogP contribution in [0.15, 0.2) is 11.4 Å². The van der Waals surface area contributed by atoms with E-state index in [1.54, 1.807) is 11.3 Å². The van der Waals surface area contributed by atoms with Crippen LogP contribution in [-0.2, 0) is 4.74 Å². The normalized spacial score (nSPS) is 22.4. The summed E-state index contributed by atoms with van der Waals surface area (Å²) in [6, 6.07) is 2.66. The fraction of sp³-hybridized carbons (Fsp3) is 0.611. The molecule has 0 aromatic carbocycles. The standard InChI is InChI=1S/C18H25N5OS/c1-12-9-16(22-18-20-13(2)11-25-18)21-17(19-12)14-3-6-23(10-14)15-4-7-24-8-5-15/h9,11,14-15H,3-8,10H2,1-2H3,(H,19,20,21,22). The van der Waals surface area contributed by atoms with Crippen molar-refractivity contribution in [3.63, 3.8) is 0 Å². The summed E-state index contributed by atoms with van der Waals surface area (Å²) >= 11 is 1.60. The number of rotatable bonds is 4. The van der Waals surface area contributed by atoms with Crippen molar-refractivity contribution >= 4 is 22.3 Å². The maximum absolute atomic E-state index is 5.50. The van der Waals surface area contributed by atoms with Gasteiger partial charge in [-0.25, -0.2) is 15.0 Å². The molecule has 2 aromatic heterocycles. The highest BCUT2D eigenvalue weighted by Gasteiger charge is 2.31. The smallest absolute Gasteiger partial charge is 0.188 e. The number of ether oxygens (including phenoxy) is 1. The number of hydrogen-bond donors (Lipinski definition) is 1. The van der Waals surface area contributed by atoms with E-state index in [4.69, 9.17) is 14.7 Å². The van der Waals surface area contributed by atoms with Crippen LogP contribution in [-0.4, -0.2) is 52.2 Å². The molecule has 6 nitrogen and oxygen atoms in total. The minimum Gasteiger partial charge on any atom is -0.381 e. The molecule has 2 saturated heterocycles. The van der Waals surface area contributed by atoms with Gasteiger partial charge in [-0.15, -0.1) is 11.3 Å². The summed E-state index contributed by atoms with van der Waals surface area (Å²) in [5.41, 5.74) is 2.03. The molecule has 0 radical (unpaired) electrons. The zero-order chi connectivity index (χ0) is 17.2. The number of nitrogens with zero attached hydrogens (tertiary/aromatic N) is 4. The zero-order valence-corrected chi connectivity index (χ0v) is 15.7. The lowest BCUT2D eigenvalue weighted by atomic mass is 10.1. The molecular formula is C18H25N5OS. The van der Waals surface area contributed by atoms with Crippen LogP contribution in [0, 0.1) is 13.8 Å². The average molecular weight is 359 g/mol. The highest BCUT2D eigenvalue weighted by molar-refractivity contribution is 7.13. The van der Waals surface area contributed by atoms with Crippen LogP contribution >= 0.6 is 11.3 Å². The summed E-state index contributed by atoms with van der Waals surface area (Å²) in [4.78, 5) is 16.6. The number of nitrogens with one attached hydrogen (secondary N) is 1. The monoisotopic (exact) mass is 359 g/mol. The Morgan fingerprint density at radius 2 is 1.96 bits per heavy atom. The molecule has 4 rings (SSSR count). The molecule has 1 N–H and O–H groups in total. The predicted octanol–water partition coefficient (Wildman–Crippen LogP) is 3.26. The highest BCUT2D eigenvalue weighted by atomic mass is 32.1. The number of aryl methyl sites for hydroxylation is 2. The maximum Gasteiger partial charge on any atom is 0.188 e. The van der Waals surface area contributed by atoms with Crippen LogP contribution < -0.4 is 5.32 Å². The number of hydrogen-bond acceptors (Lipinski definition) is 7. The third-order valence-corrected chi connectivity index (χ3v) is 5.89. The fourth-order valence-corrected chi connectivity index (χ4v) is 4.43. The Morgan fingerprint density at radius 1 is 1.12 bits per heavy atom. The van der Waals surface area contributed by atoms with E-state index >= 15 is 0 Å². The Bertz CT molecular complexity index is 728. The Morgan fingerprint density at radius 3 is 2.72 bits per heavy atom. The second-order valence-corrected chi connectivity index (χ2v) is 7.85. The van der Waals surface area contributed by atoms with Gasteiger partial charge < -0.3 is 10.1 Å². The van der Waals surface area contributed by atoms with E-state index < -0.39 is 0 Å². The molecule has 7 heteroatoms. The molecule has 4 heterocycles. The third kappa shape index (κ3) is 3.99. The van der Waals surface area contributed by atoms with Crippen LogP contribution in [0.5, 0.6) is 0 Å². The summed E-state index contributed by atoms with van der Waals surface area (Å²) in [5, 5.41) is 6.26. The Labute approximate surface area is 152 Å². The second-order valence-electron chi connectivity index (χ2n) is 7.00. The first-order chi connectivity index (χ1) is 12.2. The van der Waals surface area contributed by atoms with Crippen LogP contribution in [0.3, 0.4) is 0 Å². The van der Waals surface area contributed by atoms with Gasteiger partial charge in [0.25, 0.3) is 0 Å². The molecule has 0 bridgehead atoms. The molecule has 0 spiro atoms. The Kier molecular flexibility index (Phi) is 4.96. The molecule has 134 valence electrons. The van der Waals surface area contributed by atoms with Crippen LogP contribution in [0.25, 0.3) is 0 Å². The van der Waals surface area contributed by atoms with Crippen molar-refractivity contribution in [3.8, 4) is 0 Å². The minimum atomic E-state index is 0.418. The number of aromatic nitrogens is 3. The zero-order valence-electron chi connectivity index (χ0n) is 14.9. The van der Waals surface area contributed by atoms with Crippen LogP contribution in [0.2, 0.25) is 0 Å². The second kappa shape index (κ2) is 7.35. The van der Waals surface area contributed by atoms with Gasteiger partial charge in [0.1, 0.15) is 11.6 Å². The predicted molar refractivity (Wildman–Crippen MR) is 99.7 cm³/mol. The molecule has 0 saturated carbocycles. The van der Waals surface area contributed by atoms with Crippen molar-refractivity contribution in [3.05, 3.63) is 28.7 Å². The molecule has 2 aliphatic heterocycles. The summed E-state index contributed by atoms with van der Waals surface area (Å²) in [5.74, 6) is 2.23. The molecule has 2 fully saturated rings. The van der Waals surface area contributed by atoms with Crippen molar-refractivity contribution in [2.45, 2.75) is 45.1 Å². The molecule has 2 aliphatic rings. The van der Waals surface area contributed by atoms with Crippen molar-refractivity contribution in [1.82, 2.24) is 19.9 Å². The van der Waals surface area contributed by atoms with Gasteiger partial charge in [-0.2, -0.15) is 0 Å². The van der Waals surface area contributed by atoms with Crippen LogP contribution in [0.4, 0.5) is 10.9 Å². The van der Waals surface area contributed by atoms with Gasteiger partial charge in [-0.3, -0.25) is 4.90 Å². The minimum absolute atomic E-state index is 0.418. The topological polar surface area (TPSA) is 63.2 Å². The number of likely N-dealkylation sites (tertiary alicyclic amines) is 1. The van der Waals surface area contributed by atoms with Crippen molar-refractivity contribution in [2.75, 3.05) is 31.6 Å². The van der Waals surface area contributed by atoms with E-state index in [0.717, 1.165) is 73.7 Å². The molecule has 1 atom stereocenters. The summed E-state index contributed by atoms with van der Waals surface area (Å²) in [7, 11) is 0. The molecule has 0 aliphatic carbocycles. The van der Waals surface area contributed by atoms with E-state index in [2.05, 4.69) is 15.2 Å². The fourth-order valence-electron chi connectivity index (χ4n) is 3.74. The van der Waals surface area contributed by atoms with Crippen LogP contribution in [0.1, 0.15) is 42.4 Å². The van der Waals surface area contributed by atoms with Crippen molar-refractivity contribution in [1.29, 1.82) is 0 Å². The first-order valence-corrected chi connectivity index (χ1v) is 9.92. The van der Waals surface area contributed by atoms with E-state index in [1.165, 1.54) is 0 Å². The van der Waals surface area contributed by atoms with E-state index in [9.17, 15) is 0 Å². The summed E-state index contributed by atoms with van der Waals surface area (Å²) in [6.07, 6.45) is 3.44. The van der Waals surface area contributed by atoms with Gasteiger partial charge >= 0.3 is 0 Å². The molecule has 0 amide bonds. The highest BCUT2D eigenvalue weighted by Crippen LogP contribution is 2.30. The van der Waals surface area contributed by atoms with Gasteiger partial charge in [-0.1, -0.05) is 0 Å². The maximum atomic E-state index is 5.50. The summed E-state index contributed by atoms with van der Waals surface area (Å²) < 4.78 is 5.50. The first kappa shape index (κ1) is 16.9. The molecule has 25 heavy (non-hydrogen) atoms. The van der Waals surface area contributed by atoms with E-state index in [0.29, 0.717) is 12.0 Å². The molecule has 1 unspecified atom stereocenters. The number of anilines is 2. The van der Waals surface area contributed by atoms with Crippen molar-refractivity contribution < 1.29 is 4.74 Å². The third-order valence-electron chi connectivity index (χ3n) is 5.02. The first-order valence-electron chi connectivity index (χ1n) is 9.04. The Hall–Kier alpha value is -1.57. The summed E-state index contributed by atoms with van der Waals surface area (Å²) in [6.45, 7) is 8.03. The van der Waals surface area contributed by atoms with Gasteiger partial charge in [0.2, 0.25) is 0 Å². The van der Waals surface area contributed by atoms with E-state index in [-0.39, 0.29) is 0 Å². The Balaban J connectivity index is 1.46. The quantitative estimate of drug-likeness (QED) is 0.904. The van der Waals surface area contributed by atoms with E-state index in [1.807, 2.05) is 25.3 Å². The number of thiazole rings is 1. The largest absolute Gasteiger partial charge is 0.381 e. The lowest BCUT2D eigenvalue weighted by molar-refractivity contribution is 0.0419.